The van der Waals surface area contributed by atoms with Crippen LogP contribution in [0.3, 0.4) is 0 Å². The zero-order valence-corrected chi connectivity index (χ0v) is 19.5. The van der Waals surface area contributed by atoms with Gasteiger partial charge in [-0.05, 0) is 93.1 Å². The molecule has 1 unspecified atom stereocenters. The van der Waals surface area contributed by atoms with Crippen LogP contribution in [-0.2, 0) is 5.54 Å². The van der Waals surface area contributed by atoms with E-state index in [2.05, 4.69) is 37.9 Å². The summed E-state index contributed by atoms with van der Waals surface area (Å²) in [5.74, 6) is 0.511. The quantitative estimate of drug-likeness (QED) is 0.397. The van der Waals surface area contributed by atoms with Crippen LogP contribution in [0.5, 0.6) is 0 Å². The Kier molecular flexibility index (Phi) is 5.08. The van der Waals surface area contributed by atoms with Crippen LogP contribution in [0, 0.1) is 26.6 Å². The second-order valence-corrected chi connectivity index (χ2v) is 9.43. The van der Waals surface area contributed by atoms with Crippen molar-refractivity contribution in [2.75, 3.05) is 6.54 Å². The van der Waals surface area contributed by atoms with Crippen molar-refractivity contribution in [1.29, 1.82) is 0 Å². The van der Waals surface area contributed by atoms with Gasteiger partial charge < -0.3 is 9.88 Å². The highest BCUT2D eigenvalue weighted by Gasteiger charge is 2.44. The molecule has 1 amide bonds. The van der Waals surface area contributed by atoms with Crippen molar-refractivity contribution >= 4 is 16.9 Å². The Morgan fingerprint density at radius 3 is 2.52 bits per heavy atom. The lowest BCUT2D eigenvalue weighted by Crippen LogP contribution is -2.43. The van der Waals surface area contributed by atoms with Crippen LogP contribution in [-0.4, -0.2) is 27.3 Å². The third kappa shape index (κ3) is 3.62. The highest BCUT2D eigenvalue weighted by atomic mass is 19.1. The molecule has 0 aliphatic carbocycles. The predicted molar refractivity (Wildman–Crippen MR) is 130 cm³/mol. The number of hydrogen-bond acceptors (Lipinski definition) is 2. The highest BCUT2D eigenvalue weighted by Crippen LogP contribution is 2.40. The van der Waals surface area contributed by atoms with Crippen LogP contribution in [0.25, 0.3) is 22.2 Å². The molecule has 0 bridgehead atoms. The number of rotatable bonds is 3. The third-order valence-electron chi connectivity index (χ3n) is 7.05. The number of halogens is 1. The monoisotopic (exact) mass is 441 g/mol. The minimum Gasteiger partial charge on any atom is -0.340 e. The van der Waals surface area contributed by atoms with Crippen molar-refractivity contribution in [2.45, 2.75) is 46.1 Å². The largest absolute Gasteiger partial charge is 0.340 e. The average molecular weight is 442 g/mol. The number of fused-ring (bicyclic) bond motifs is 1. The third-order valence-corrected chi connectivity index (χ3v) is 7.05. The van der Waals surface area contributed by atoms with Gasteiger partial charge in [0.25, 0.3) is 5.91 Å². The van der Waals surface area contributed by atoms with E-state index in [1.165, 1.54) is 23.3 Å². The topological polar surface area (TPSA) is 49.0 Å². The van der Waals surface area contributed by atoms with Gasteiger partial charge in [0.05, 0.1) is 16.6 Å². The fourth-order valence-electron chi connectivity index (χ4n) is 4.92. The molecule has 33 heavy (non-hydrogen) atoms. The molecule has 2 heterocycles. The SMILES string of the molecule is Cc1ccc(-c2ccc(F)cc2)c(C(=O)N2CCCC2(C)c2nc3cc(C)c(C)cc3[nH]2)c1. The normalized spacial score (nSPS) is 18.3. The summed E-state index contributed by atoms with van der Waals surface area (Å²) in [6, 6.07) is 16.4. The van der Waals surface area contributed by atoms with Crippen molar-refractivity contribution in [3.05, 3.63) is 88.5 Å². The Bertz CT molecular complexity index is 1330. The summed E-state index contributed by atoms with van der Waals surface area (Å²) in [5, 5.41) is 0. The number of aromatic nitrogens is 2. The molecule has 0 spiro atoms. The molecule has 1 saturated heterocycles. The van der Waals surface area contributed by atoms with Crippen molar-refractivity contribution in [1.82, 2.24) is 14.9 Å². The summed E-state index contributed by atoms with van der Waals surface area (Å²) < 4.78 is 13.5. The first kappa shape index (κ1) is 21.4. The van der Waals surface area contributed by atoms with Crippen molar-refractivity contribution < 1.29 is 9.18 Å². The van der Waals surface area contributed by atoms with Gasteiger partial charge in [-0.25, -0.2) is 9.37 Å². The molecule has 4 aromatic rings. The van der Waals surface area contributed by atoms with Crippen LogP contribution >= 0.6 is 0 Å². The lowest BCUT2D eigenvalue weighted by molar-refractivity contribution is 0.0606. The van der Waals surface area contributed by atoms with Gasteiger partial charge >= 0.3 is 0 Å². The maximum absolute atomic E-state index is 14.0. The molecule has 5 heteroatoms. The number of H-pyrrole nitrogens is 1. The Hall–Kier alpha value is -3.47. The molecule has 0 radical (unpaired) electrons. The molecule has 1 fully saturated rings. The van der Waals surface area contributed by atoms with Crippen molar-refractivity contribution in [2.24, 2.45) is 0 Å². The van der Waals surface area contributed by atoms with Crippen molar-refractivity contribution in [3.8, 4) is 11.1 Å². The number of nitrogens with one attached hydrogen (secondary N) is 1. The number of amides is 1. The highest BCUT2D eigenvalue weighted by molar-refractivity contribution is 6.01. The molecule has 1 aliphatic rings. The minimum absolute atomic E-state index is 0.0224. The Balaban J connectivity index is 1.58. The number of hydrogen-bond donors (Lipinski definition) is 1. The van der Waals surface area contributed by atoms with E-state index in [0.717, 1.165) is 46.4 Å². The molecule has 0 saturated carbocycles. The van der Waals surface area contributed by atoms with Crippen LogP contribution in [0.1, 0.15) is 52.6 Å². The summed E-state index contributed by atoms with van der Waals surface area (Å²) >= 11 is 0. The van der Waals surface area contributed by atoms with E-state index in [1.807, 2.05) is 30.0 Å². The zero-order chi connectivity index (χ0) is 23.3. The number of aryl methyl sites for hydroxylation is 3. The second-order valence-electron chi connectivity index (χ2n) is 9.43. The summed E-state index contributed by atoms with van der Waals surface area (Å²) in [6.07, 6.45) is 1.75. The Morgan fingerprint density at radius 2 is 1.76 bits per heavy atom. The molecule has 1 aromatic heterocycles. The summed E-state index contributed by atoms with van der Waals surface area (Å²) in [6.45, 7) is 8.93. The second kappa shape index (κ2) is 7.84. The molecular weight excluding hydrogens is 413 g/mol. The van der Waals surface area contributed by atoms with Crippen LogP contribution in [0.4, 0.5) is 4.39 Å². The van der Waals surface area contributed by atoms with E-state index in [0.29, 0.717) is 12.1 Å². The number of imidazole rings is 1. The van der Waals surface area contributed by atoms with E-state index in [4.69, 9.17) is 4.98 Å². The number of likely N-dealkylation sites (tertiary alicyclic amines) is 1. The number of aromatic amines is 1. The maximum atomic E-state index is 14.0. The standard InChI is InChI=1S/C28H28FN3O/c1-17-6-11-22(20-7-9-21(29)10-8-20)23(14-17)26(33)32-13-5-12-28(32,4)27-30-24-15-18(2)19(3)16-25(24)31-27/h6-11,14-16H,5,12-13H2,1-4H3,(H,30,31). The van der Waals surface area contributed by atoms with Gasteiger partial charge in [-0.2, -0.15) is 0 Å². The maximum Gasteiger partial charge on any atom is 0.255 e. The zero-order valence-electron chi connectivity index (χ0n) is 19.5. The van der Waals surface area contributed by atoms with E-state index in [-0.39, 0.29) is 11.7 Å². The lowest BCUT2D eigenvalue weighted by atomic mass is 9.94. The van der Waals surface area contributed by atoms with E-state index in [9.17, 15) is 9.18 Å². The van der Waals surface area contributed by atoms with Crippen LogP contribution < -0.4 is 0 Å². The van der Waals surface area contributed by atoms with Gasteiger partial charge in [-0.3, -0.25) is 4.79 Å². The van der Waals surface area contributed by atoms with Crippen LogP contribution in [0.2, 0.25) is 0 Å². The van der Waals surface area contributed by atoms with E-state index < -0.39 is 5.54 Å². The average Bonchev–Trinajstić information content (AvgIpc) is 3.38. The number of carbonyl (C=O) groups is 1. The van der Waals surface area contributed by atoms with Gasteiger partial charge in [-0.15, -0.1) is 0 Å². The van der Waals surface area contributed by atoms with E-state index >= 15 is 0 Å². The molecule has 4 nitrogen and oxygen atoms in total. The van der Waals surface area contributed by atoms with Gasteiger partial charge in [0, 0.05) is 12.1 Å². The number of nitrogens with zero attached hydrogens (tertiary/aromatic N) is 2. The molecule has 1 aliphatic heterocycles. The molecule has 1 N–H and O–H groups in total. The molecule has 1 atom stereocenters. The Labute approximate surface area is 193 Å². The lowest BCUT2D eigenvalue weighted by Gasteiger charge is -2.34. The molecule has 168 valence electrons. The molecular formula is C28H28FN3O. The van der Waals surface area contributed by atoms with Crippen LogP contribution in [0.15, 0.2) is 54.6 Å². The van der Waals surface area contributed by atoms with Gasteiger partial charge in [0.1, 0.15) is 11.6 Å². The minimum atomic E-state index is -0.526. The fourth-order valence-corrected chi connectivity index (χ4v) is 4.92. The molecule has 3 aromatic carbocycles. The smallest absolute Gasteiger partial charge is 0.255 e. The van der Waals surface area contributed by atoms with Gasteiger partial charge in [0.15, 0.2) is 0 Å². The summed E-state index contributed by atoms with van der Waals surface area (Å²) in [7, 11) is 0. The summed E-state index contributed by atoms with van der Waals surface area (Å²) in [5.41, 5.74) is 7.11. The Morgan fingerprint density at radius 1 is 1.03 bits per heavy atom. The number of carbonyl (C=O) groups excluding carboxylic acids is 1. The van der Waals surface area contributed by atoms with Crippen molar-refractivity contribution in [3.63, 3.8) is 0 Å². The van der Waals surface area contributed by atoms with Gasteiger partial charge in [-0.1, -0.05) is 29.8 Å². The first-order chi connectivity index (χ1) is 15.8. The number of benzene rings is 3. The predicted octanol–water partition coefficient (Wildman–Crippen LogP) is 6.45. The molecule has 5 rings (SSSR count). The summed E-state index contributed by atoms with van der Waals surface area (Å²) in [4.78, 5) is 24.3. The fraction of sp³-hybridized carbons (Fsp3) is 0.286. The first-order valence-corrected chi connectivity index (χ1v) is 11.4. The first-order valence-electron chi connectivity index (χ1n) is 11.4. The van der Waals surface area contributed by atoms with E-state index in [1.54, 1.807) is 12.1 Å². The van der Waals surface area contributed by atoms with Gasteiger partial charge in [0.2, 0.25) is 0 Å².